The molecule has 3 N–H and O–H groups in total. The predicted octanol–water partition coefficient (Wildman–Crippen LogP) is 2.12. The van der Waals surface area contributed by atoms with Crippen LogP contribution in [0.2, 0.25) is 0 Å². The number of hydrogen-bond acceptors (Lipinski definition) is 4. The zero-order valence-corrected chi connectivity index (χ0v) is 12.0. The van der Waals surface area contributed by atoms with E-state index in [1.54, 1.807) is 5.51 Å². The first-order chi connectivity index (χ1) is 9.60. The lowest BCUT2D eigenvalue weighted by atomic mass is 9.79. The highest BCUT2D eigenvalue weighted by molar-refractivity contribution is 7.07. The van der Waals surface area contributed by atoms with Gasteiger partial charge in [-0.2, -0.15) is 0 Å². The van der Waals surface area contributed by atoms with Crippen molar-refractivity contribution in [1.82, 2.24) is 15.6 Å². The van der Waals surface area contributed by atoms with Crippen molar-refractivity contribution in [3.8, 4) is 0 Å². The normalized spacial score (nSPS) is 17.4. The first-order valence-electron chi connectivity index (χ1n) is 6.75. The minimum Gasteiger partial charge on any atom is -0.481 e. The molecule has 20 heavy (non-hydrogen) atoms. The van der Waals surface area contributed by atoms with Crippen molar-refractivity contribution in [2.45, 2.75) is 50.6 Å². The van der Waals surface area contributed by atoms with Crippen LogP contribution >= 0.6 is 11.3 Å². The Kier molecular flexibility index (Phi) is 4.94. The van der Waals surface area contributed by atoms with Crippen LogP contribution in [0.15, 0.2) is 10.9 Å². The van der Waals surface area contributed by atoms with E-state index in [1.807, 2.05) is 5.38 Å². The van der Waals surface area contributed by atoms with E-state index < -0.39 is 11.5 Å². The van der Waals surface area contributed by atoms with Gasteiger partial charge in [0, 0.05) is 5.38 Å². The molecule has 0 saturated heterocycles. The SMILES string of the molecule is O=C(O)CC1(NC(=O)NCc2cscn2)CCCCC1. The van der Waals surface area contributed by atoms with E-state index in [0.29, 0.717) is 6.54 Å². The molecule has 0 unspecified atom stereocenters. The standard InChI is InChI=1S/C13H19N3O3S/c17-11(18)6-13(4-2-1-3-5-13)16-12(19)14-7-10-8-20-9-15-10/h8-9H,1-7H2,(H,17,18)(H2,14,16,19). The smallest absolute Gasteiger partial charge is 0.315 e. The van der Waals surface area contributed by atoms with Gasteiger partial charge in [-0.1, -0.05) is 19.3 Å². The van der Waals surface area contributed by atoms with Crippen molar-refractivity contribution in [2.24, 2.45) is 0 Å². The number of hydrogen-bond donors (Lipinski definition) is 3. The van der Waals surface area contributed by atoms with Gasteiger partial charge in [-0.05, 0) is 12.8 Å². The first-order valence-corrected chi connectivity index (χ1v) is 7.69. The average molecular weight is 297 g/mol. The molecule has 0 radical (unpaired) electrons. The third-order valence-corrected chi connectivity index (χ3v) is 4.23. The van der Waals surface area contributed by atoms with E-state index in [0.717, 1.165) is 37.8 Å². The maximum absolute atomic E-state index is 12.0. The summed E-state index contributed by atoms with van der Waals surface area (Å²) in [6.07, 6.45) is 4.45. The van der Waals surface area contributed by atoms with Gasteiger partial charge in [0.05, 0.1) is 29.7 Å². The molecule has 7 heteroatoms. The number of carboxylic acids is 1. The average Bonchev–Trinajstić information content (AvgIpc) is 2.89. The molecule has 1 aromatic rings. The molecule has 1 aliphatic rings. The molecule has 1 fully saturated rings. The molecule has 1 aromatic heterocycles. The van der Waals surface area contributed by atoms with Crippen LogP contribution in [0.25, 0.3) is 0 Å². The van der Waals surface area contributed by atoms with Crippen molar-refractivity contribution in [3.63, 3.8) is 0 Å². The summed E-state index contributed by atoms with van der Waals surface area (Å²) in [5, 5.41) is 16.5. The van der Waals surface area contributed by atoms with Gasteiger partial charge >= 0.3 is 12.0 Å². The van der Waals surface area contributed by atoms with E-state index in [-0.39, 0.29) is 12.5 Å². The molecule has 2 rings (SSSR count). The van der Waals surface area contributed by atoms with Crippen LogP contribution in [0.3, 0.4) is 0 Å². The molecule has 0 aromatic carbocycles. The van der Waals surface area contributed by atoms with E-state index >= 15 is 0 Å². The van der Waals surface area contributed by atoms with Crippen molar-refractivity contribution in [1.29, 1.82) is 0 Å². The molecule has 1 heterocycles. The number of nitrogens with one attached hydrogen (secondary N) is 2. The number of carbonyl (C=O) groups is 2. The Bertz CT molecular complexity index is 455. The predicted molar refractivity (Wildman–Crippen MR) is 75.6 cm³/mol. The van der Waals surface area contributed by atoms with Crippen LogP contribution in [0, 0.1) is 0 Å². The van der Waals surface area contributed by atoms with Gasteiger partial charge in [0.15, 0.2) is 0 Å². The highest BCUT2D eigenvalue weighted by atomic mass is 32.1. The van der Waals surface area contributed by atoms with Crippen LogP contribution in [0.4, 0.5) is 4.79 Å². The van der Waals surface area contributed by atoms with E-state index in [9.17, 15) is 9.59 Å². The second-order valence-corrected chi connectivity index (χ2v) is 5.92. The van der Waals surface area contributed by atoms with Crippen molar-refractivity contribution in [3.05, 3.63) is 16.6 Å². The monoisotopic (exact) mass is 297 g/mol. The second-order valence-electron chi connectivity index (χ2n) is 5.20. The number of aromatic nitrogens is 1. The molecular weight excluding hydrogens is 278 g/mol. The Morgan fingerprint density at radius 3 is 2.70 bits per heavy atom. The minimum atomic E-state index is -0.869. The number of amides is 2. The minimum absolute atomic E-state index is 0.0167. The highest BCUT2D eigenvalue weighted by Gasteiger charge is 2.35. The molecule has 1 aliphatic carbocycles. The zero-order valence-electron chi connectivity index (χ0n) is 11.2. The highest BCUT2D eigenvalue weighted by Crippen LogP contribution is 2.31. The molecule has 0 spiro atoms. The topological polar surface area (TPSA) is 91.3 Å². The fourth-order valence-corrected chi connectivity index (χ4v) is 3.20. The Morgan fingerprint density at radius 1 is 1.35 bits per heavy atom. The van der Waals surface area contributed by atoms with Gasteiger partial charge in [-0.3, -0.25) is 4.79 Å². The largest absolute Gasteiger partial charge is 0.481 e. The molecule has 1 saturated carbocycles. The molecular formula is C13H19N3O3S. The van der Waals surface area contributed by atoms with Crippen molar-refractivity contribution in [2.75, 3.05) is 0 Å². The summed E-state index contributed by atoms with van der Waals surface area (Å²) < 4.78 is 0. The van der Waals surface area contributed by atoms with Crippen LogP contribution in [-0.4, -0.2) is 27.6 Å². The number of nitrogens with zero attached hydrogens (tertiary/aromatic N) is 1. The van der Waals surface area contributed by atoms with Gasteiger partial charge < -0.3 is 15.7 Å². The number of rotatable bonds is 5. The van der Waals surface area contributed by atoms with Crippen LogP contribution in [-0.2, 0) is 11.3 Å². The number of urea groups is 1. The maximum Gasteiger partial charge on any atom is 0.315 e. The maximum atomic E-state index is 12.0. The summed E-state index contributed by atoms with van der Waals surface area (Å²) in [6.45, 7) is 0.360. The molecule has 6 nitrogen and oxygen atoms in total. The summed E-state index contributed by atoms with van der Waals surface area (Å²) in [5.74, 6) is -0.869. The third-order valence-electron chi connectivity index (χ3n) is 3.59. The summed E-state index contributed by atoms with van der Waals surface area (Å²) in [4.78, 5) is 27.1. The number of carbonyl (C=O) groups excluding carboxylic acids is 1. The molecule has 0 atom stereocenters. The lowest BCUT2D eigenvalue weighted by Gasteiger charge is -2.36. The lowest BCUT2D eigenvalue weighted by Crippen LogP contribution is -2.54. The van der Waals surface area contributed by atoms with Crippen LogP contribution < -0.4 is 10.6 Å². The second kappa shape index (κ2) is 6.69. The molecule has 0 bridgehead atoms. The Balaban J connectivity index is 1.89. The Hall–Kier alpha value is -1.63. The molecule has 2 amide bonds. The summed E-state index contributed by atoms with van der Waals surface area (Å²) in [6, 6.07) is -0.318. The number of carboxylic acid groups (broad SMARTS) is 1. The number of thiazole rings is 1. The van der Waals surface area contributed by atoms with Gasteiger partial charge in [-0.25, -0.2) is 9.78 Å². The summed E-state index contributed by atoms with van der Waals surface area (Å²) in [7, 11) is 0. The van der Waals surface area contributed by atoms with E-state index in [4.69, 9.17) is 5.11 Å². The van der Waals surface area contributed by atoms with Gasteiger partial charge in [0.1, 0.15) is 0 Å². The third kappa shape index (κ3) is 4.19. The number of aliphatic carboxylic acids is 1. The fourth-order valence-electron chi connectivity index (χ4n) is 2.64. The van der Waals surface area contributed by atoms with Gasteiger partial charge in [0.25, 0.3) is 0 Å². The van der Waals surface area contributed by atoms with Crippen LogP contribution in [0.5, 0.6) is 0 Å². The molecule has 0 aliphatic heterocycles. The Morgan fingerprint density at radius 2 is 2.10 bits per heavy atom. The molecule has 110 valence electrons. The Labute approximate surface area is 121 Å². The fraction of sp³-hybridized carbons (Fsp3) is 0.615. The quantitative estimate of drug-likeness (QED) is 0.776. The van der Waals surface area contributed by atoms with Crippen LogP contribution in [0.1, 0.15) is 44.2 Å². The lowest BCUT2D eigenvalue weighted by molar-refractivity contribution is -0.139. The van der Waals surface area contributed by atoms with Crippen molar-refractivity contribution < 1.29 is 14.7 Å². The van der Waals surface area contributed by atoms with E-state index in [1.165, 1.54) is 11.3 Å². The van der Waals surface area contributed by atoms with Gasteiger partial charge in [-0.15, -0.1) is 11.3 Å². The zero-order chi connectivity index (χ0) is 14.4. The first kappa shape index (κ1) is 14.8. The summed E-state index contributed by atoms with van der Waals surface area (Å²) in [5.41, 5.74) is 1.92. The van der Waals surface area contributed by atoms with Crippen molar-refractivity contribution >= 4 is 23.3 Å². The van der Waals surface area contributed by atoms with E-state index in [2.05, 4.69) is 15.6 Å². The van der Waals surface area contributed by atoms with Gasteiger partial charge in [0.2, 0.25) is 0 Å². The summed E-state index contributed by atoms with van der Waals surface area (Å²) >= 11 is 1.47.